The van der Waals surface area contributed by atoms with E-state index in [0.29, 0.717) is 24.7 Å². The molecule has 1 saturated heterocycles. The highest BCUT2D eigenvalue weighted by molar-refractivity contribution is 7.17. The van der Waals surface area contributed by atoms with Crippen LogP contribution in [0.2, 0.25) is 5.28 Å². The third kappa shape index (κ3) is 3.93. The van der Waals surface area contributed by atoms with Crippen LogP contribution in [0.3, 0.4) is 0 Å². The highest BCUT2D eigenvalue weighted by Gasteiger charge is 2.24. The summed E-state index contributed by atoms with van der Waals surface area (Å²) in [5.41, 5.74) is 4.25. The third-order valence-corrected chi connectivity index (χ3v) is 7.09. The monoisotopic (exact) mass is 466 g/mol. The molecule has 0 spiro atoms. The van der Waals surface area contributed by atoms with Gasteiger partial charge in [0.1, 0.15) is 16.5 Å². The molecule has 0 radical (unpaired) electrons. The summed E-state index contributed by atoms with van der Waals surface area (Å²) in [6, 6.07) is 15.7. The Morgan fingerprint density at radius 2 is 1.62 bits per heavy atom. The number of halogens is 2. The van der Waals surface area contributed by atoms with Crippen LogP contribution in [0.5, 0.6) is 0 Å². The minimum absolute atomic E-state index is 0.182. The molecule has 1 aliphatic rings. The molecule has 32 heavy (non-hydrogen) atoms. The molecule has 2 aromatic heterocycles. The van der Waals surface area contributed by atoms with E-state index < -0.39 is 0 Å². The van der Waals surface area contributed by atoms with Crippen LogP contribution in [0, 0.1) is 5.82 Å². The molecule has 4 nitrogen and oxygen atoms in total. The van der Waals surface area contributed by atoms with E-state index in [0.717, 1.165) is 40.3 Å². The van der Waals surface area contributed by atoms with Crippen molar-refractivity contribution in [3.8, 4) is 11.1 Å². The molecule has 1 aliphatic heterocycles. The van der Waals surface area contributed by atoms with Gasteiger partial charge in [-0.1, -0.05) is 50.2 Å². The summed E-state index contributed by atoms with van der Waals surface area (Å²) >= 11 is 7.89. The van der Waals surface area contributed by atoms with E-state index in [1.807, 2.05) is 12.1 Å². The molecule has 0 saturated carbocycles. The zero-order valence-electron chi connectivity index (χ0n) is 18.1. The van der Waals surface area contributed by atoms with Gasteiger partial charge in [-0.3, -0.25) is 0 Å². The lowest BCUT2D eigenvalue weighted by Gasteiger charge is -2.37. The lowest BCUT2D eigenvalue weighted by atomic mass is 9.99. The smallest absolute Gasteiger partial charge is 0.225 e. The molecule has 0 unspecified atom stereocenters. The summed E-state index contributed by atoms with van der Waals surface area (Å²) in [4.78, 5) is 14.3. The fourth-order valence-corrected chi connectivity index (χ4v) is 5.41. The number of thiophene rings is 1. The van der Waals surface area contributed by atoms with Gasteiger partial charge in [-0.25, -0.2) is 9.37 Å². The molecular formula is C25H24ClFN4S. The molecule has 2 aromatic carbocycles. The van der Waals surface area contributed by atoms with Crippen molar-refractivity contribution in [3.05, 3.63) is 70.6 Å². The summed E-state index contributed by atoms with van der Waals surface area (Å²) < 4.78 is 14.2. The summed E-state index contributed by atoms with van der Waals surface area (Å²) in [7, 11) is 0. The van der Waals surface area contributed by atoms with Gasteiger partial charge in [0.2, 0.25) is 5.28 Å². The molecule has 164 valence electrons. The number of rotatable bonds is 4. The van der Waals surface area contributed by atoms with Crippen molar-refractivity contribution in [1.82, 2.24) is 9.97 Å². The van der Waals surface area contributed by atoms with Crippen LogP contribution >= 0.6 is 22.9 Å². The SMILES string of the molecule is CC(C)c1ccc(-c2csc3nc(Cl)nc(N4CCN(c5ccccc5F)CC4)c23)cc1. The lowest BCUT2D eigenvalue weighted by Crippen LogP contribution is -2.47. The number of piperazine rings is 1. The van der Waals surface area contributed by atoms with Crippen LogP contribution in [0.4, 0.5) is 15.9 Å². The molecule has 0 N–H and O–H groups in total. The summed E-state index contributed by atoms with van der Waals surface area (Å²) in [5, 5.41) is 3.43. The first-order valence-electron chi connectivity index (χ1n) is 10.8. The predicted octanol–water partition coefficient (Wildman–Crippen LogP) is 6.60. The highest BCUT2D eigenvalue weighted by atomic mass is 35.5. The van der Waals surface area contributed by atoms with Gasteiger partial charge >= 0.3 is 0 Å². The number of hydrogen-bond donors (Lipinski definition) is 0. The normalized spacial score (nSPS) is 14.5. The average Bonchev–Trinajstić information content (AvgIpc) is 3.23. The van der Waals surface area contributed by atoms with Crippen molar-refractivity contribution in [2.45, 2.75) is 19.8 Å². The Morgan fingerprint density at radius 1 is 0.938 bits per heavy atom. The molecule has 4 aromatic rings. The Hall–Kier alpha value is -2.70. The largest absolute Gasteiger partial charge is 0.366 e. The van der Waals surface area contributed by atoms with Gasteiger partial charge < -0.3 is 9.80 Å². The molecule has 3 heterocycles. The Morgan fingerprint density at radius 3 is 2.31 bits per heavy atom. The van der Waals surface area contributed by atoms with E-state index in [1.165, 1.54) is 11.6 Å². The minimum atomic E-state index is -0.182. The number of anilines is 2. The quantitative estimate of drug-likeness (QED) is 0.317. The Labute approximate surface area is 196 Å². The number of aromatic nitrogens is 2. The van der Waals surface area contributed by atoms with Crippen LogP contribution in [-0.2, 0) is 0 Å². The maximum Gasteiger partial charge on any atom is 0.225 e. The van der Waals surface area contributed by atoms with Gasteiger partial charge in [0.25, 0.3) is 0 Å². The molecular weight excluding hydrogens is 443 g/mol. The second-order valence-electron chi connectivity index (χ2n) is 8.35. The number of hydrogen-bond acceptors (Lipinski definition) is 5. The average molecular weight is 467 g/mol. The molecule has 5 rings (SSSR count). The summed E-state index contributed by atoms with van der Waals surface area (Å²) in [6.45, 7) is 7.30. The van der Waals surface area contributed by atoms with E-state index in [2.05, 4.69) is 63.3 Å². The lowest BCUT2D eigenvalue weighted by molar-refractivity contribution is 0.596. The first kappa shape index (κ1) is 21.2. The second kappa shape index (κ2) is 8.68. The molecule has 7 heteroatoms. The molecule has 0 atom stereocenters. The Bertz CT molecular complexity index is 1250. The first-order chi connectivity index (χ1) is 15.5. The fourth-order valence-electron chi connectivity index (χ4n) is 4.25. The highest BCUT2D eigenvalue weighted by Crippen LogP contribution is 2.39. The van der Waals surface area contributed by atoms with Crippen molar-refractivity contribution in [2.75, 3.05) is 36.0 Å². The van der Waals surface area contributed by atoms with Gasteiger partial charge in [-0.15, -0.1) is 11.3 Å². The van der Waals surface area contributed by atoms with E-state index in [-0.39, 0.29) is 11.1 Å². The van der Waals surface area contributed by atoms with Crippen molar-refractivity contribution in [2.24, 2.45) is 0 Å². The van der Waals surface area contributed by atoms with Crippen LogP contribution < -0.4 is 9.80 Å². The van der Waals surface area contributed by atoms with Crippen molar-refractivity contribution < 1.29 is 4.39 Å². The second-order valence-corrected chi connectivity index (χ2v) is 9.54. The molecule has 0 amide bonds. The number of fused-ring (bicyclic) bond motifs is 1. The molecule has 0 bridgehead atoms. The standard InChI is InChI=1S/C25H24ClFN4S/c1-16(2)17-7-9-18(10-8-17)19-15-32-24-22(19)23(28-25(26)29-24)31-13-11-30(12-14-31)21-6-4-3-5-20(21)27/h3-10,15-16H,11-14H2,1-2H3. The van der Waals surface area contributed by atoms with Gasteiger partial charge in [0.05, 0.1) is 11.1 Å². The minimum Gasteiger partial charge on any atom is -0.366 e. The van der Waals surface area contributed by atoms with Crippen LogP contribution in [0.1, 0.15) is 25.3 Å². The molecule has 0 aliphatic carbocycles. The zero-order valence-corrected chi connectivity index (χ0v) is 19.6. The van der Waals surface area contributed by atoms with E-state index in [1.54, 1.807) is 17.4 Å². The van der Waals surface area contributed by atoms with Crippen molar-refractivity contribution in [3.63, 3.8) is 0 Å². The van der Waals surface area contributed by atoms with Crippen LogP contribution in [0.25, 0.3) is 21.3 Å². The van der Waals surface area contributed by atoms with Crippen LogP contribution in [0.15, 0.2) is 53.9 Å². The van der Waals surface area contributed by atoms with Gasteiger partial charge in [0.15, 0.2) is 0 Å². The molecule has 1 fully saturated rings. The third-order valence-electron chi connectivity index (χ3n) is 6.05. The maximum atomic E-state index is 14.2. The number of nitrogens with zero attached hydrogens (tertiary/aromatic N) is 4. The van der Waals surface area contributed by atoms with Gasteiger partial charge in [-0.2, -0.15) is 4.98 Å². The zero-order chi connectivity index (χ0) is 22.2. The fraction of sp³-hybridized carbons (Fsp3) is 0.280. The van der Waals surface area contributed by atoms with Crippen LogP contribution in [-0.4, -0.2) is 36.1 Å². The topological polar surface area (TPSA) is 32.3 Å². The number of benzene rings is 2. The Balaban J connectivity index is 1.48. The Kier molecular flexibility index (Phi) is 5.74. The van der Waals surface area contributed by atoms with Crippen molar-refractivity contribution >= 4 is 44.7 Å². The summed E-state index contributed by atoms with van der Waals surface area (Å²) in [6.07, 6.45) is 0. The van der Waals surface area contributed by atoms with Gasteiger partial charge in [0, 0.05) is 37.1 Å². The van der Waals surface area contributed by atoms with E-state index in [4.69, 9.17) is 11.6 Å². The van der Waals surface area contributed by atoms with Gasteiger partial charge in [-0.05, 0) is 40.8 Å². The maximum absolute atomic E-state index is 14.2. The van der Waals surface area contributed by atoms with E-state index >= 15 is 0 Å². The first-order valence-corrected chi connectivity index (χ1v) is 12.1. The number of para-hydroxylation sites is 1. The summed E-state index contributed by atoms with van der Waals surface area (Å²) in [5.74, 6) is 1.17. The predicted molar refractivity (Wildman–Crippen MR) is 133 cm³/mol. The van der Waals surface area contributed by atoms with Crippen molar-refractivity contribution in [1.29, 1.82) is 0 Å². The van der Waals surface area contributed by atoms with E-state index in [9.17, 15) is 4.39 Å².